The largest absolute Gasteiger partial charge is 0.325 e. The second-order valence-electron chi connectivity index (χ2n) is 4.33. The minimum atomic E-state index is -0.825. The topological polar surface area (TPSA) is 56.0 Å². The SMILES string of the molecule is CC(C)C(C)S(=O)Cc1ccnc(CN)c1. The molecule has 16 heavy (non-hydrogen) atoms. The van der Waals surface area contributed by atoms with E-state index < -0.39 is 10.8 Å². The lowest BCUT2D eigenvalue weighted by molar-refractivity contribution is 0.605. The molecule has 2 atom stereocenters. The minimum absolute atomic E-state index is 0.217. The predicted molar refractivity (Wildman–Crippen MR) is 68.3 cm³/mol. The van der Waals surface area contributed by atoms with Gasteiger partial charge in [-0.05, 0) is 23.6 Å². The molecule has 0 aliphatic rings. The summed E-state index contributed by atoms with van der Waals surface area (Å²) in [6.07, 6.45) is 1.73. The van der Waals surface area contributed by atoms with Crippen LogP contribution in [0.3, 0.4) is 0 Å². The highest BCUT2D eigenvalue weighted by Crippen LogP contribution is 2.13. The molecular weight excluding hydrogens is 220 g/mol. The van der Waals surface area contributed by atoms with Gasteiger partial charge in [0.05, 0.1) is 5.69 Å². The van der Waals surface area contributed by atoms with Crippen LogP contribution in [0.4, 0.5) is 0 Å². The van der Waals surface area contributed by atoms with E-state index in [0.717, 1.165) is 11.3 Å². The molecule has 1 aromatic heterocycles. The summed E-state index contributed by atoms with van der Waals surface area (Å²) in [5, 5.41) is 0.217. The van der Waals surface area contributed by atoms with Crippen molar-refractivity contribution in [3.63, 3.8) is 0 Å². The third kappa shape index (κ3) is 3.68. The van der Waals surface area contributed by atoms with Crippen molar-refractivity contribution >= 4 is 10.8 Å². The molecule has 2 unspecified atom stereocenters. The second-order valence-corrected chi connectivity index (χ2v) is 6.13. The van der Waals surface area contributed by atoms with Crippen LogP contribution in [0.2, 0.25) is 0 Å². The van der Waals surface area contributed by atoms with Gasteiger partial charge in [-0.3, -0.25) is 9.19 Å². The molecule has 1 heterocycles. The summed E-state index contributed by atoms with van der Waals surface area (Å²) in [7, 11) is -0.825. The molecule has 1 aromatic rings. The van der Waals surface area contributed by atoms with E-state index >= 15 is 0 Å². The minimum Gasteiger partial charge on any atom is -0.325 e. The Morgan fingerprint density at radius 1 is 1.44 bits per heavy atom. The molecule has 4 heteroatoms. The molecule has 0 saturated carbocycles. The Bertz CT molecular complexity index is 366. The van der Waals surface area contributed by atoms with Crippen molar-refractivity contribution in [1.29, 1.82) is 0 Å². The molecule has 0 spiro atoms. The highest BCUT2D eigenvalue weighted by Gasteiger charge is 2.15. The van der Waals surface area contributed by atoms with Gasteiger partial charge in [0.2, 0.25) is 0 Å². The fourth-order valence-electron chi connectivity index (χ4n) is 1.33. The first-order chi connectivity index (χ1) is 7.54. The van der Waals surface area contributed by atoms with Crippen LogP contribution in [0, 0.1) is 5.92 Å². The molecule has 1 rings (SSSR count). The Balaban J connectivity index is 2.69. The Morgan fingerprint density at radius 2 is 2.12 bits per heavy atom. The number of aromatic nitrogens is 1. The maximum atomic E-state index is 12.0. The smallest absolute Gasteiger partial charge is 0.0542 e. The molecular formula is C12H20N2OS. The zero-order chi connectivity index (χ0) is 12.1. The Hall–Kier alpha value is -0.740. The van der Waals surface area contributed by atoms with Crippen molar-refractivity contribution < 1.29 is 4.21 Å². The number of hydrogen-bond acceptors (Lipinski definition) is 3. The van der Waals surface area contributed by atoms with Gasteiger partial charge >= 0.3 is 0 Å². The number of nitrogens with two attached hydrogens (primary N) is 1. The van der Waals surface area contributed by atoms with Crippen LogP contribution in [-0.4, -0.2) is 14.4 Å². The first-order valence-corrected chi connectivity index (χ1v) is 6.94. The molecule has 90 valence electrons. The van der Waals surface area contributed by atoms with Gasteiger partial charge in [0.25, 0.3) is 0 Å². The third-order valence-corrected chi connectivity index (χ3v) is 4.74. The summed E-state index contributed by atoms with van der Waals surface area (Å²) in [6.45, 7) is 6.66. The summed E-state index contributed by atoms with van der Waals surface area (Å²) in [4.78, 5) is 4.12. The Kier molecular flexibility index (Phi) is 5.09. The van der Waals surface area contributed by atoms with E-state index in [4.69, 9.17) is 5.73 Å². The van der Waals surface area contributed by atoms with Crippen molar-refractivity contribution in [2.45, 2.75) is 38.3 Å². The van der Waals surface area contributed by atoms with Gasteiger partial charge in [0, 0.05) is 34.5 Å². The van der Waals surface area contributed by atoms with Crippen LogP contribution in [0.5, 0.6) is 0 Å². The van der Waals surface area contributed by atoms with Gasteiger partial charge in [0.1, 0.15) is 0 Å². The summed E-state index contributed by atoms with van der Waals surface area (Å²) >= 11 is 0. The fraction of sp³-hybridized carbons (Fsp3) is 0.583. The van der Waals surface area contributed by atoms with Gasteiger partial charge in [-0.25, -0.2) is 0 Å². The van der Waals surface area contributed by atoms with Gasteiger partial charge in [-0.1, -0.05) is 20.8 Å². The lowest BCUT2D eigenvalue weighted by atomic mass is 10.2. The van der Waals surface area contributed by atoms with Crippen LogP contribution in [0.25, 0.3) is 0 Å². The van der Waals surface area contributed by atoms with E-state index in [-0.39, 0.29) is 5.25 Å². The summed E-state index contributed by atoms with van der Waals surface area (Å²) in [5.41, 5.74) is 7.43. The fourth-order valence-corrected chi connectivity index (χ4v) is 2.71. The Morgan fingerprint density at radius 3 is 2.69 bits per heavy atom. The van der Waals surface area contributed by atoms with Crippen molar-refractivity contribution in [3.05, 3.63) is 29.6 Å². The van der Waals surface area contributed by atoms with Crippen LogP contribution in [0.1, 0.15) is 32.0 Å². The normalized spacial score (nSPS) is 15.1. The van der Waals surface area contributed by atoms with Crippen LogP contribution in [0.15, 0.2) is 18.3 Å². The number of rotatable bonds is 5. The van der Waals surface area contributed by atoms with Gasteiger partial charge in [0.15, 0.2) is 0 Å². The molecule has 0 amide bonds. The lowest BCUT2D eigenvalue weighted by Crippen LogP contribution is -2.19. The lowest BCUT2D eigenvalue weighted by Gasteiger charge is -2.15. The van der Waals surface area contributed by atoms with Gasteiger partial charge in [-0.15, -0.1) is 0 Å². The van der Waals surface area contributed by atoms with Crippen molar-refractivity contribution in [2.75, 3.05) is 0 Å². The molecule has 0 saturated heterocycles. The molecule has 0 aliphatic carbocycles. The predicted octanol–water partition coefficient (Wildman–Crippen LogP) is 1.83. The highest BCUT2D eigenvalue weighted by atomic mass is 32.2. The number of pyridine rings is 1. The van der Waals surface area contributed by atoms with E-state index in [1.54, 1.807) is 6.20 Å². The molecule has 3 nitrogen and oxygen atoms in total. The van der Waals surface area contributed by atoms with E-state index in [1.807, 2.05) is 19.1 Å². The monoisotopic (exact) mass is 240 g/mol. The average Bonchev–Trinajstić information content (AvgIpc) is 2.28. The number of nitrogens with zero attached hydrogens (tertiary/aromatic N) is 1. The quantitative estimate of drug-likeness (QED) is 0.854. The van der Waals surface area contributed by atoms with Crippen molar-refractivity contribution in [1.82, 2.24) is 4.98 Å². The van der Waals surface area contributed by atoms with Crippen molar-refractivity contribution in [2.24, 2.45) is 11.7 Å². The summed E-state index contributed by atoms with van der Waals surface area (Å²) < 4.78 is 12.0. The van der Waals surface area contributed by atoms with Crippen molar-refractivity contribution in [3.8, 4) is 0 Å². The highest BCUT2D eigenvalue weighted by molar-refractivity contribution is 7.84. The molecule has 0 fully saturated rings. The van der Waals surface area contributed by atoms with Crippen LogP contribution >= 0.6 is 0 Å². The summed E-state index contributed by atoms with van der Waals surface area (Å²) in [6, 6.07) is 3.84. The standard InChI is InChI=1S/C12H20N2OS/c1-9(2)10(3)16(15)8-11-4-5-14-12(6-11)7-13/h4-6,9-10H,7-8,13H2,1-3H3. The zero-order valence-electron chi connectivity index (χ0n) is 10.1. The number of hydrogen-bond donors (Lipinski definition) is 1. The van der Waals surface area contributed by atoms with Crippen LogP contribution < -0.4 is 5.73 Å². The molecule has 2 N–H and O–H groups in total. The first kappa shape index (κ1) is 13.3. The molecule has 0 bridgehead atoms. The zero-order valence-corrected chi connectivity index (χ0v) is 11.0. The summed E-state index contributed by atoms with van der Waals surface area (Å²) in [5.74, 6) is 1.03. The van der Waals surface area contributed by atoms with E-state index in [1.165, 1.54) is 0 Å². The third-order valence-electron chi connectivity index (χ3n) is 2.75. The average molecular weight is 240 g/mol. The first-order valence-electron chi connectivity index (χ1n) is 5.55. The van der Waals surface area contributed by atoms with Crippen LogP contribution in [-0.2, 0) is 23.1 Å². The second kappa shape index (κ2) is 6.11. The van der Waals surface area contributed by atoms with E-state index in [9.17, 15) is 4.21 Å². The molecule has 0 aromatic carbocycles. The maximum Gasteiger partial charge on any atom is 0.0542 e. The van der Waals surface area contributed by atoms with Gasteiger partial charge in [-0.2, -0.15) is 0 Å². The maximum absolute atomic E-state index is 12.0. The van der Waals surface area contributed by atoms with E-state index in [0.29, 0.717) is 18.2 Å². The van der Waals surface area contributed by atoms with Gasteiger partial charge < -0.3 is 5.73 Å². The van der Waals surface area contributed by atoms with E-state index in [2.05, 4.69) is 18.8 Å². The molecule has 0 radical (unpaired) electrons. The Labute approximate surface area is 99.9 Å². The molecule has 0 aliphatic heterocycles.